The molecule has 0 aliphatic rings. The summed E-state index contributed by atoms with van der Waals surface area (Å²) in [5, 5.41) is 12.3. The lowest BCUT2D eigenvalue weighted by atomic mass is 10.4. The average molecular weight is 315 g/mol. The molecule has 2 aromatic heterocycles. The van der Waals surface area contributed by atoms with Gasteiger partial charge in [-0.2, -0.15) is 0 Å². The molecule has 0 aliphatic carbocycles. The molecular weight excluding hydrogens is 304 g/mol. The number of aromatic nitrogens is 3. The Morgan fingerprint density at radius 3 is 3.12 bits per heavy atom. The molecule has 0 unspecified atom stereocenters. The highest BCUT2D eigenvalue weighted by molar-refractivity contribution is 9.10. The van der Waals surface area contributed by atoms with Crippen molar-refractivity contribution in [1.82, 2.24) is 20.3 Å². The second kappa shape index (κ2) is 5.92. The van der Waals surface area contributed by atoms with Crippen molar-refractivity contribution in [2.24, 2.45) is 0 Å². The van der Waals surface area contributed by atoms with Gasteiger partial charge in [0, 0.05) is 23.8 Å². The lowest BCUT2D eigenvalue weighted by Crippen LogP contribution is -2.24. The number of halogens is 1. The number of aryl methyl sites for hydroxylation is 1. The topological polar surface area (TPSA) is 59.8 Å². The van der Waals surface area contributed by atoms with Gasteiger partial charge in [0.15, 0.2) is 0 Å². The van der Waals surface area contributed by atoms with Gasteiger partial charge in [-0.15, -0.1) is 16.4 Å². The van der Waals surface area contributed by atoms with Crippen LogP contribution >= 0.6 is 27.3 Å². The van der Waals surface area contributed by atoms with Crippen LogP contribution < -0.4 is 5.32 Å². The molecule has 1 amide bonds. The van der Waals surface area contributed by atoms with Crippen molar-refractivity contribution >= 4 is 33.2 Å². The molecule has 0 fully saturated rings. The van der Waals surface area contributed by atoms with Crippen LogP contribution in [0.1, 0.15) is 16.1 Å². The van der Waals surface area contributed by atoms with Crippen LogP contribution in [0.2, 0.25) is 0 Å². The Hall–Kier alpha value is -1.21. The van der Waals surface area contributed by atoms with E-state index in [0.717, 1.165) is 17.4 Å². The molecule has 5 nitrogen and oxygen atoms in total. The van der Waals surface area contributed by atoms with Crippen LogP contribution in [0.4, 0.5) is 0 Å². The first-order valence-corrected chi connectivity index (χ1v) is 6.80. The lowest BCUT2D eigenvalue weighted by molar-refractivity contribution is 0.0956. The normalized spacial score (nSPS) is 10.4. The Morgan fingerprint density at radius 2 is 2.47 bits per heavy atom. The van der Waals surface area contributed by atoms with Crippen molar-refractivity contribution in [2.75, 3.05) is 6.54 Å². The fraction of sp³-hybridized carbons (Fsp3) is 0.300. The third kappa shape index (κ3) is 3.37. The summed E-state index contributed by atoms with van der Waals surface area (Å²) in [6, 6.07) is 1.87. The maximum absolute atomic E-state index is 11.7. The number of thiophene rings is 1. The van der Waals surface area contributed by atoms with Gasteiger partial charge < -0.3 is 5.32 Å². The Balaban J connectivity index is 1.72. The van der Waals surface area contributed by atoms with Gasteiger partial charge in [-0.25, -0.2) is 0 Å². The zero-order chi connectivity index (χ0) is 12.1. The van der Waals surface area contributed by atoms with E-state index in [-0.39, 0.29) is 5.91 Å². The highest BCUT2D eigenvalue weighted by Gasteiger charge is 2.10. The first-order chi connectivity index (χ1) is 8.27. The summed E-state index contributed by atoms with van der Waals surface area (Å²) in [7, 11) is 0. The summed E-state index contributed by atoms with van der Waals surface area (Å²) in [4.78, 5) is 12.4. The fourth-order valence-corrected chi connectivity index (χ4v) is 2.80. The first-order valence-electron chi connectivity index (χ1n) is 5.12. The second-order valence-electron chi connectivity index (χ2n) is 3.37. The molecule has 0 bridgehead atoms. The molecule has 0 saturated heterocycles. The fourth-order valence-electron chi connectivity index (χ4n) is 1.33. The largest absolute Gasteiger partial charge is 0.351 e. The van der Waals surface area contributed by atoms with Crippen molar-refractivity contribution in [2.45, 2.75) is 13.0 Å². The van der Waals surface area contributed by atoms with E-state index in [1.807, 2.05) is 11.4 Å². The summed E-state index contributed by atoms with van der Waals surface area (Å²) in [6.07, 6.45) is 4.27. The second-order valence-corrected chi connectivity index (χ2v) is 5.14. The van der Waals surface area contributed by atoms with Crippen molar-refractivity contribution in [3.05, 3.63) is 33.2 Å². The minimum absolute atomic E-state index is 0.0366. The summed E-state index contributed by atoms with van der Waals surface area (Å²) < 4.78 is 2.59. The van der Waals surface area contributed by atoms with Crippen LogP contribution in [0.25, 0.3) is 0 Å². The Morgan fingerprint density at radius 1 is 1.59 bits per heavy atom. The molecular formula is C10H11BrN4OS. The van der Waals surface area contributed by atoms with Crippen LogP contribution in [0.15, 0.2) is 28.3 Å². The average Bonchev–Trinajstić information content (AvgIpc) is 2.95. The molecule has 0 atom stereocenters. The monoisotopic (exact) mass is 314 g/mol. The number of nitrogens with zero attached hydrogens (tertiary/aromatic N) is 3. The lowest BCUT2D eigenvalue weighted by Gasteiger charge is -2.04. The molecule has 2 heterocycles. The molecule has 0 aliphatic heterocycles. The summed E-state index contributed by atoms with van der Waals surface area (Å²) in [6.45, 7) is 1.38. The maximum Gasteiger partial charge on any atom is 0.262 e. The molecule has 2 rings (SSSR count). The van der Waals surface area contributed by atoms with Gasteiger partial charge in [-0.1, -0.05) is 5.21 Å². The molecule has 1 N–H and O–H groups in total. The van der Waals surface area contributed by atoms with Gasteiger partial charge in [-0.05, 0) is 33.8 Å². The Labute approximate surface area is 111 Å². The molecule has 0 radical (unpaired) electrons. The smallest absolute Gasteiger partial charge is 0.262 e. The van der Waals surface area contributed by atoms with Crippen molar-refractivity contribution in [3.63, 3.8) is 0 Å². The molecule has 90 valence electrons. The first kappa shape index (κ1) is 12.3. The zero-order valence-corrected chi connectivity index (χ0v) is 11.4. The highest BCUT2D eigenvalue weighted by atomic mass is 79.9. The highest BCUT2D eigenvalue weighted by Crippen LogP contribution is 2.22. The molecule has 7 heteroatoms. The third-order valence-corrected chi connectivity index (χ3v) is 3.98. The minimum atomic E-state index is -0.0366. The van der Waals surface area contributed by atoms with E-state index in [1.165, 1.54) is 11.3 Å². The van der Waals surface area contributed by atoms with Crippen molar-refractivity contribution in [3.8, 4) is 0 Å². The maximum atomic E-state index is 11.7. The number of hydrogen-bond donors (Lipinski definition) is 1. The van der Waals surface area contributed by atoms with Crippen molar-refractivity contribution < 1.29 is 4.79 Å². The predicted octanol–water partition coefficient (Wildman–Crippen LogP) is 1.92. The van der Waals surface area contributed by atoms with E-state index in [4.69, 9.17) is 0 Å². The molecule has 0 aromatic carbocycles. The van der Waals surface area contributed by atoms with Crippen LogP contribution in [0.3, 0.4) is 0 Å². The number of rotatable bonds is 5. The van der Waals surface area contributed by atoms with Crippen LogP contribution in [0, 0.1) is 0 Å². The quantitative estimate of drug-likeness (QED) is 0.858. The molecule has 2 aromatic rings. The zero-order valence-electron chi connectivity index (χ0n) is 8.97. The SMILES string of the molecule is O=C(NCCCn1ccnn1)c1sccc1Br. The number of carbonyl (C=O) groups excluding carboxylic acids is 1. The van der Waals surface area contributed by atoms with Gasteiger partial charge >= 0.3 is 0 Å². The van der Waals surface area contributed by atoms with E-state index < -0.39 is 0 Å². The standard InChI is InChI=1S/C10H11BrN4OS/c11-8-2-7-17-9(8)10(16)12-3-1-5-15-6-4-13-14-15/h2,4,6-7H,1,3,5H2,(H,12,16). The van der Waals surface area contributed by atoms with Gasteiger partial charge in [0.1, 0.15) is 4.88 Å². The molecule has 0 spiro atoms. The Bertz CT molecular complexity index is 482. The molecule has 0 saturated carbocycles. The Kier molecular flexibility index (Phi) is 4.27. The van der Waals surface area contributed by atoms with E-state index in [1.54, 1.807) is 17.1 Å². The molecule has 17 heavy (non-hydrogen) atoms. The summed E-state index contributed by atoms with van der Waals surface area (Å²) in [5.41, 5.74) is 0. The summed E-state index contributed by atoms with van der Waals surface area (Å²) in [5.74, 6) is -0.0366. The van der Waals surface area contributed by atoms with Crippen LogP contribution in [-0.2, 0) is 6.54 Å². The van der Waals surface area contributed by atoms with Gasteiger partial charge in [0.05, 0.1) is 6.20 Å². The van der Waals surface area contributed by atoms with Crippen molar-refractivity contribution in [1.29, 1.82) is 0 Å². The van der Waals surface area contributed by atoms with Gasteiger partial charge in [-0.3, -0.25) is 9.48 Å². The van der Waals surface area contributed by atoms with Gasteiger partial charge in [0.2, 0.25) is 0 Å². The number of amides is 1. The predicted molar refractivity (Wildman–Crippen MR) is 69.0 cm³/mol. The minimum Gasteiger partial charge on any atom is -0.351 e. The number of carbonyl (C=O) groups is 1. The van der Waals surface area contributed by atoms with Crippen LogP contribution in [-0.4, -0.2) is 27.4 Å². The van der Waals surface area contributed by atoms with E-state index >= 15 is 0 Å². The third-order valence-electron chi connectivity index (χ3n) is 2.14. The van der Waals surface area contributed by atoms with Gasteiger partial charge in [0.25, 0.3) is 5.91 Å². The number of nitrogens with one attached hydrogen (secondary N) is 1. The number of hydrogen-bond acceptors (Lipinski definition) is 4. The van der Waals surface area contributed by atoms with E-state index in [0.29, 0.717) is 11.4 Å². The van der Waals surface area contributed by atoms with Crippen LogP contribution in [0.5, 0.6) is 0 Å². The summed E-state index contributed by atoms with van der Waals surface area (Å²) >= 11 is 4.76. The van der Waals surface area contributed by atoms with E-state index in [9.17, 15) is 4.79 Å². The van der Waals surface area contributed by atoms with E-state index in [2.05, 4.69) is 31.6 Å².